The molecule has 0 fully saturated rings. The summed E-state index contributed by atoms with van der Waals surface area (Å²) in [6.45, 7) is 3.84. The highest BCUT2D eigenvalue weighted by Gasteiger charge is 2.16. The summed E-state index contributed by atoms with van der Waals surface area (Å²) in [5, 5.41) is 0. The third-order valence-electron chi connectivity index (χ3n) is 5.35. The number of hydrogen-bond acceptors (Lipinski definition) is 4. The van der Waals surface area contributed by atoms with Crippen molar-refractivity contribution in [1.29, 1.82) is 0 Å². The molecule has 0 aliphatic heterocycles. The van der Waals surface area contributed by atoms with E-state index in [4.69, 9.17) is 4.42 Å². The van der Waals surface area contributed by atoms with Crippen molar-refractivity contribution in [3.05, 3.63) is 92.6 Å². The summed E-state index contributed by atoms with van der Waals surface area (Å²) >= 11 is 1.73. The van der Waals surface area contributed by atoms with Gasteiger partial charge in [0.25, 0.3) is 0 Å². The van der Waals surface area contributed by atoms with E-state index in [9.17, 15) is 9.59 Å². The summed E-state index contributed by atoms with van der Waals surface area (Å²) in [7, 11) is 0. The van der Waals surface area contributed by atoms with E-state index in [0.717, 1.165) is 11.9 Å². The smallest absolute Gasteiger partial charge is 0.408 e. The molecule has 2 aromatic heterocycles. The first-order valence-electron chi connectivity index (χ1n) is 10.6. The molecule has 0 saturated heterocycles. The number of amides is 1. The molecule has 0 N–H and O–H groups in total. The van der Waals surface area contributed by atoms with Crippen LogP contribution >= 0.6 is 11.3 Å². The minimum Gasteiger partial charge on any atom is -0.408 e. The highest BCUT2D eigenvalue weighted by atomic mass is 32.1. The molecule has 0 aliphatic rings. The topological polar surface area (TPSA) is 55.5 Å². The van der Waals surface area contributed by atoms with E-state index in [2.05, 4.69) is 31.2 Å². The summed E-state index contributed by atoms with van der Waals surface area (Å²) in [5.74, 6) is -0.258. The van der Waals surface area contributed by atoms with Crippen LogP contribution in [0, 0.1) is 6.92 Å². The van der Waals surface area contributed by atoms with Crippen LogP contribution in [0.25, 0.3) is 11.1 Å². The first kappa shape index (κ1) is 21.1. The molecule has 0 aliphatic carbocycles. The predicted molar refractivity (Wildman–Crippen MR) is 124 cm³/mol. The van der Waals surface area contributed by atoms with Gasteiger partial charge < -0.3 is 9.32 Å². The third kappa shape index (κ3) is 5.33. The van der Waals surface area contributed by atoms with Crippen LogP contribution in [0.3, 0.4) is 0 Å². The van der Waals surface area contributed by atoms with E-state index < -0.39 is 0 Å². The lowest BCUT2D eigenvalue weighted by molar-refractivity contribution is -0.131. The van der Waals surface area contributed by atoms with Crippen molar-refractivity contribution >= 4 is 28.3 Å². The number of aromatic nitrogens is 1. The Kier molecular flexibility index (Phi) is 6.67. The van der Waals surface area contributed by atoms with E-state index in [1.807, 2.05) is 41.3 Å². The maximum absolute atomic E-state index is 13.1. The largest absolute Gasteiger partial charge is 0.419 e. The molecular weight excluding hydrogens is 408 g/mol. The highest BCUT2D eigenvalue weighted by molar-refractivity contribution is 7.11. The second-order valence-corrected chi connectivity index (χ2v) is 9.03. The number of thiophene rings is 1. The number of fused-ring (bicyclic) bond motifs is 1. The zero-order chi connectivity index (χ0) is 21.6. The number of rotatable bonds is 9. The lowest BCUT2D eigenvalue weighted by Gasteiger charge is -2.22. The first-order valence-corrected chi connectivity index (χ1v) is 11.4. The van der Waals surface area contributed by atoms with Gasteiger partial charge in [-0.1, -0.05) is 42.5 Å². The van der Waals surface area contributed by atoms with Crippen LogP contribution in [0.2, 0.25) is 0 Å². The Morgan fingerprint density at radius 1 is 1.03 bits per heavy atom. The fraction of sp³-hybridized carbons (Fsp3) is 0.280. The Morgan fingerprint density at radius 2 is 1.81 bits per heavy atom. The van der Waals surface area contributed by atoms with Gasteiger partial charge in [0.2, 0.25) is 5.91 Å². The molecule has 0 saturated carbocycles. The molecule has 0 radical (unpaired) electrons. The number of aryl methyl sites for hydroxylation is 2. The third-order valence-corrected chi connectivity index (χ3v) is 6.34. The van der Waals surface area contributed by atoms with Gasteiger partial charge in [0.1, 0.15) is 0 Å². The lowest BCUT2D eigenvalue weighted by atomic mass is 10.1. The van der Waals surface area contributed by atoms with Crippen molar-refractivity contribution in [3.8, 4) is 0 Å². The molecular formula is C25H26N2O3S. The lowest BCUT2D eigenvalue weighted by Crippen LogP contribution is -2.32. The van der Waals surface area contributed by atoms with Crippen LogP contribution in [0.4, 0.5) is 0 Å². The van der Waals surface area contributed by atoms with Crippen molar-refractivity contribution in [3.63, 3.8) is 0 Å². The SMILES string of the molecule is Cc1ccc(CN(CCc2ccccc2)C(=O)CCCn2c(=O)oc3ccccc32)s1. The summed E-state index contributed by atoms with van der Waals surface area (Å²) in [6.07, 6.45) is 1.81. The van der Waals surface area contributed by atoms with Gasteiger partial charge >= 0.3 is 5.76 Å². The number of benzene rings is 2. The minimum absolute atomic E-state index is 0.114. The second-order valence-electron chi connectivity index (χ2n) is 7.65. The molecule has 6 heteroatoms. The summed E-state index contributed by atoms with van der Waals surface area (Å²) in [4.78, 5) is 29.6. The molecule has 4 rings (SSSR count). The van der Waals surface area contributed by atoms with Gasteiger partial charge in [-0.05, 0) is 49.6 Å². The van der Waals surface area contributed by atoms with E-state index in [0.29, 0.717) is 38.1 Å². The van der Waals surface area contributed by atoms with E-state index >= 15 is 0 Å². The summed E-state index contributed by atoms with van der Waals surface area (Å²) in [5.41, 5.74) is 2.57. The highest BCUT2D eigenvalue weighted by Crippen LogP contribution is 2.19. The van der Waals surface area contributed by atoms with Gasteiger partial charge in [-0.3, -0.25) is 9.36 Å². The maximum Gasteiger partial charge on any atom is 0.419 e. The maximum atomic E-state index is 13.1. The molecule has 4 aromatic rings. The molecule has 1 amide bonds. The average molecular weight is 435 g/mol. The summed E-state index contributed by atoms with van der Waals surface area (Å²) < 4.78 is 6.90. The van der Waals surface area contributed by atoms with Crippen molar-refractivity contribution in [2.24, 2.45) is 0 Å². The van der Waals surface area contributed by atoms with Gasteiger partial charge in [0.15, 0.2) is 5.58 Å². The minimum atomic E-state index is -0.372. The summed E-state index contributed by atoms with van der Waals surface area (Å²) in [6, 6.07) is 21.8. The number of oxazole rings is 1. The average Bonchev–Trinajstić information content (AvgIpc) is 3.33. The van der Waals surface area contributed by atoms with Crippen molar-refractivity contribution < 1.29 is 9.21 Å². The van der Waals surface area contributed by atoms with Crippen LogP contribution in [0.1, 0.15) is 28.2 Å². The van der Waals surface area contributed by atoms with Crippen LogP contribution in [0.5, 0.6) is 0 Å². The number of nitrogens with zero attached hydrogens (tertiary/aromatic N) is 2. The van der Waals surface area contributed by atoms with Gasteiger partial charge in [0, 0.05) is 29.3 Å². The van der Waals surface area contributed by atoms with Gasteiger partial charge in [0.05, 0.1) is 12.1 Å². The molecule has 0 unspecified atom stereocenters. The van der Waals surface area contributed by atoms with Crippen LogP contribution < -0.4 is 5.76 Å². The zero-order valence-corrected chi connectivity index (χ0v) is 18.4. The number of hydrogen-bond donors (Lipinski definition) is 0. The molecule has 2 aromatic carbocycles. The molecule has 5 nitrogen and oxygen atoms in total. The van der Waals surface area contributed by atoms with Crippen molar-refractivity contribution in [2.45, 2.75) is 39.3 Å². The molecule has 0 spiro atoms. The zero-order valence-electron chi connectivity index (χ0n) is 17.6. The molecule has 0 bridgehead atoms. The Balaban J connectivity index is 1.40. The Morgan fingerprint density at radius 3 is 2.58 bits per heavy atom. The Bertz CT molecular complexity index is 1210. The molecule has 0 atom stereocenters. The Labute approximate surface area is 185 Å². The molecule has 2 heterocycles. The standard InChI is InChI=1S/C25H26N2O3S/c1-19-13-14-21(31-19)18-26(17-15-20-8-3-2-4-9-20)24(28)12-7-16-27-22-10-5-6-11-23(22)30-25(27)29/h2-6,8-11,13-14H,7,12,15-18H2,1H3. The van der Waals surface area contributed by atoms with E-state index in [1.165, 1.54) is 15.3 Å². The fourth-order valence-corrected chi connectivity index (χ4v) is 4.64. The van der Waals surface area contributed by atoms with Crippen LogP contribution in [-0.4, -0.2) is 21.9 Å². The van der Waals surface area contributed by atoms with Crippen molar-refractivity contribution in [2.75, 3.05) is 6.54 Å². The van der Waals surface area contributed by atoms with Gasteiger partial charge in [-0.15, -0.1) is 11.3 Å². The predicted octanol–water partition coefficient (Wildman–Crippen LogP) is 5.02. The quantitative estimate of drug-likeness (QED) is 0.372. The second kappa shape index (κ2) is 9.79. The van der Waals surface area contributed by atoms with Crippen molar-refractivity contribution in [1.82, 2.24) is 9.47 Å². The normalized spacial score (nSPS) is 11.1. The molecule has 31 heavy (non-hydrogen) atoms. The van der Waals surface area contributed by atoms with E-state index in [-0.39, 0.29) is 11.7 Å². The number of para-hydroxylation sites is 2. The first-order chi connectivity index (χ1) is 15.1. The van der Waals surface area contributed by atoms with Crippen LogP contribution in [-0.2, 0) is 24.3 Å². The van der Waals surface area contributed by atoms with Gasteiger partial charge in [-0.25, -0.2) is 4.79 Å². The van der Waals surface area contributed by atoms with E-state index in [1.54, 1.807) is 22.0 Å². The van der Waals surface area contributed by atoms with Gasteiger partial charge in [-0.2, -0.15) is 0 Å². The number of carbonyl (C=O) groups is 1. The Hall–Kier alpha value is -3.12. The molecule has 160 valence electrons. The fourth-order valence-electron chi connectivity index (χ4n) is 3.73. The van der Waals surface area contributed by atoms with Crippen LogP contribution in [0.15, 0.2) is 75.9 Å². The number of carbonyl (C=O) groups excluding carboxylic acids is 1. The monoisotopic (exact) mass is 434 g/mol.